The van der Waals surface area contributed by atoms with Gasteiger partial charge in [0.1, 0.15) is 0 Å². The van der Waals surface area contributed by atoms with E-state index in [1.807, 2.05) is 0 Å². The molecule has 0 aliphatic rings. The summed E-state index contributed by atoms with van der Waals surface area (Å²) >= 11 is 0. The Morgan fingerprint density at radius 3 is 1.40 bits per heavy atom. The average Bonchev–Trinajstić information content (AvgIpc) is 0.811. The van der Waals surface area contributed by atoms with Gasteiger partial charge in [-0.1, -0.05) is 0 Å². The summed E-state index contributed by atoms with van der Waals surface area (Å²) in [5.74, 6) is 0. The molecule has 0 spiro atoms. The molecule has 0 saturated heterocycles. The van der Waals surface area contributed by atoms with Crippen molar-refractivity contribution in [1.29, 1.82) is 0 Å². The van der Waals surface area contributed by atoms with Crippen LogP contribution in [0.5, 0.6) is 0 Å². The normalized spacial score (nSPS) is 6.80. The van der Waals surface area contributed by atoms with Crippen LogP contribution in [0, 0.1) is 0 Å². The van der Waals surface area contributed by atoms with Gasteiger partial charge in [-0.15, -0.1) is 0 Å². The molecule has 1 N–H and O–H groups in total. The quantitative estimate of drug-likeness (QED) is 0.319. The van der Waals surface area contributed by atoms with E-state index < -0.39 is 11.0 Å². The van der Waals surface area contributed by atoms with Gasteiger partial charge in [0.05, 0.1) is 0 Å². The first-order valence-corrected chi connectivity index (χ1v) is 1.55. The Bertz CT molecular complexity index is 55.3. The molecule has 2 radical (unpaired) electrons. The topological polar surface area (TPSA) is 54.4 Å². The summed E-state index contributed by atoms with van der Waals surface area (Å²) in [7, 11) is -2.86. The van der Waals surface area contributed by atoms with Gasteiger partial charge in [0.2, 0.25) is 0 Å². The van der Waals surface area contributed by atoms with Crippen LogP contribution in [0.3, 0.4) is 0 Å². The average molecular weight is 196 g/mol. The Morgan fingerprint density at radius 2 is 1.40 bits per heavy atom. The van der Waals surface area contributed by atoms with E-state index in [-0.39, 0.29) is 25.8 Å². The van der Waals surface area contributed by atoms with Crippen LogP contribution in [0.4, 0.5) is 0 Å². The summed E-state index contributed by atoms with van der Waals surface area (Å²) in [5.41, 5.74) is 0. The molecule has 0 saturated carbocycles. The van der Waals surface area contributed by atoms with E-state index in [1.165, 1.54) is 0 Å². The molecule has 0 aliphatic carbocycles. The van der Waals surface area contributed by atoms with Gasteiger partial charge in [0.15, 0.2) is 0 Å². The molecule has 3 nitrogen and oxygen atoms in total. The number of rotatable bonds is 0. The Balaban J connectivity index is 0. The number of hydrogen-bond acceptors (Lipinski definition) is 3. The van der Waals surface area contributed by atoms with Gasteiger partial charge in [0.25, 0.3) is 0 Å². The standard InChI is InChI=1S/In.HO3S/c;1-4(2)3/h;(H,1,2,3)/q+1;-1. The summed E-state index contributed by atoms with van der Waals surface area (Å²) in [6.07, 6.45) is 0. The third-order valence-electron chi connectivity index (χ3n) is 0. The smallest absolute Gasteiger partial charge is 0.439 e. The van der Waals surface area contributed by atoms with Crippen molar-refractivity contribution >= 4 is 36.8 Å². The second-order valence-corrected chi connectivity index (χ2v) is 0.651. The summed E-state index contributed by atoms with van der Waals surface area (Å²) in [5, 5.41) is 0. The van der Waals surface area contributed by atoms with Crippen LogP contribution in [0.2, 0.25) is 0 Å². The summed E-state index contributed by atoms with van der Waals surface area (Å²) in [6, 6.07) is 0. The molecule has 0 fully saturated rings. The van der Waals surface area contributed by atoms with Crippen LogP contribution < -0.4 is 0 Å². The van der Waals surface area contributed by atoms with Crippen molar-refractivity contribution in [3.63, 3.8) is 0 Å². The first kappa shape index (κ1) is 9.24. The van der Waals surface area contributed by atoms with E-state index in [0.29, 0.717) is 0 Å². The van der Waals surface area contributed by atoms with Crippen molar-refractivity contribution in [1.82, 2.24) is 0 Å². The fourth-order valence-electron chi connectivity index (χ4n) is 0. The maximum absolute atomic E-state index is 8.56. The maximum Gasteiger partial charge on any atom is 1.00 e. The van der Waals surface area contributed by atoms with E-state index >= 15 is 0 Å². The van der Waals surface area contributed by atoms with Crippen molar-refractivity contribution in [2.75, 3.05) is 0 Å². The van der Waals surface area contributed by atoms with E-state index in [4.69, 9.17) is 13.0 Å². The first-order chi connectivity index (χ1) is 1.73. The summed E-state index contributed by atoms with van der Waals surface area (Å²) in [4.78, 5) is 0. The van der Waals surface area contributed by atoms with Crippen molar-refractivity contribution in [2.24, 2.45) is 0 Å². The van der Waals surface area contributed by atoms with Gasteiger partial charge in [0, 0.05) is 11.0 Å². The van der Waals surface area contributed by atoms with Gasteiger partial charge in [-0.2, -0.15) is 0 Å². The number of hydrogen-bond donors (Lipinski definition) is 1. The Labute approximate surface area is 49.9 Å². The van der Waals surface area contributed by atoms with Gasteiger partial charge in [-0.3, -0.25) is 0 Å². The molecule has 0 atom stereocenters. The molecule has 0 rings (SSSR count). The zero-order valence-electron chi connectivity index (χ0n) is 2.25. The SMILES string of the molecule is O=[S-](=O)O.[In+]. The molecule has 0 aliphatic heterocycles. The zero-order chi connectivity index (χ0) is 3.58. The van der Waals surface area contributed by atoms with Crippen LogP contribution in [-0.2, 0) is 19.4 Å². The predicted octanol–water partition coefficient (Wildman–Crippen LogP) is -0.612. The van der Waals surface area contributed by atoms with E-state index in [9.17, 15) is 0 Å². The fraction of sp³-hybridized carbons (Fsp3) is 0. The maximum atomic E-state index is 8.56. The van der Waals surface area contributed by atoms with Crippen molar-refractivity contribution in [3.8, 4) is 0 Å². The van der Waals surface area contributed by atoms with Crippen molar-refractivity contribution in [3.05, 3.63) is 0 Å². The van der Waals surface area contributed by atoms with Crippen molar-refractivity contribution < 1.29 is 13.0 Å². The van der Waals surface area contributed by atoms with E-state index in [0.717, 1.165) is 0 Å². The Morgan fingerprint density at radius 1 is 1.40 bits per heavy atom. The first-order valence-electron chi connectivity index (χ1n) is 0.516. The molecule has 0 aromatic rings. The molecule has 0 heterocycles. The minimum atomic E-state index is -2.86. The molecule has 5 heavy (non-hydrogen) atoms. The molecule has 0 unspecified atom stereocenters. The van der Waals surface area contributed by atoms with Crippen LogP contribution >= 0.6 is 0 Å². The largest absolute Gasteiger partial charge is 1.00 e. The second-order valence-electron chi connectivity index (χ2n) is 0.217. The molecular weight excluding hydrogens is 195 g/mol. The predicted molar refractivity (Wildman–Crippen MR) is 17.1 cm³/mol. The molecule has 0 bridgehead atoms. The van der Waals surface area contributed by atoms with E-state index in [1.54, 1.807) is 0 Å². The second kappa shape index (κ2) is 4.78. The Kier molecular flexibility index (Phi) is 8.84. The molecule has 0 aromatic carbocycles. The van der Waals surface area contributed by atoms with Crippen LogP contribution in [0.25, 0.3) is 0 Å². The monoisotopic (exact) mass is 196 g/mol. The Hall–Kier alpha value is 0.780. The molecule has 5 heteroatoms. The van der Waals surface area contributed by atoms with Gasteiger partial charge < -0.3 is 13.0 Å². The van der Waals surface area contributed by atoms with E-state index in [2.05, 4.69) is 0 Å². The summed E-state index contributed by atoms with van der Waals surface area (Å²) in [6.45, 7) is 0. The summed E-state index contributed by atoms with van der Waals surface area (Å²) < 4.78 is 24.1. The van der Waals surface area contributed by atoms with Gasteiger partial charge >= 0.3 is 25.8 Å². The molecule has 0 amide bonds. The molecular formula is HInO3S. The van der Waals surface area contributed by atoms with Crippen LogP contribution in [0.1, 0.15) is 0 Å². The van der Waals surface area contributed by atoms with Crippen molar-refractivity contribution in [2.45, 2.75) is 0 Å². The third kappa shape index (κ3) is 60.7. The van der Waals surface area contributed by atoms with Gasteiger partial charge in [-0.25, -0.2) is 0 Å². The zero-order valence-corrected chi connectivity index (χ0v) is 6.36. The third-order valence-corrected chi connectivity index (χ3v) is 0. The van der Waals surface area contributed by atoms with Gasteiger partial charge in [-0.05, 0) is 0 Å². The minimum Gasteiger partial charge on any atom is -0.439 e. The van der Waals surface area contributed by atoms with Crippen LogP contribution in [-0.4, -0.2) is 30.4 Å². The molecule has 28 valence electrons. The van der Waals surface area contributed by atoms with Crippen LogP contribution in [0.15, 0.2) is 0 Å². The fourth-order valence-corrected chi connectivity index (χ4v) is 0. The molecule has 0 aromatic heterocycles. The minimum absolute atomic E-state index is 0.